The van der Waals surface area contributed by atoms with Crippen molar-refractivity contribution in [2.75, 3.05) is 46.4 Å². The molecular weight excluding hydrogens is 326 g/mol. The molecule has 1 atom stereocenters. The second-order valence-corrected chi connectivity index (χ2v) is 6.37. The number of carbonyl (C=O) groups excluding carboxylic acids is 1. The van der Waals surface area contributed by atoms with E-state index in [2.05, 4.69) is 4.90 Å². The fourth-order valence-electron chi connectivity index (χ4n) is 3.36. The van der Waals surface area contributed by atoms with Crippen LogP contribution in [0.2, 0.25) is 0 Å². The number of piperazine rings is 1. The Morgan fingerprint density at radius 3 is 2.72 bits per heavy atom. The van der Waals surface area contributed by atoms with Crippen LogP contribution in [0.25, 0.3) is 0 Å². The van der Waals surface area contributed by atoms with Gasteiger partial charge in [-0.05, 0) is 18.9 Å². The van der Waals surface area contributed by atoms with Crippen molar-refractivity contribution >= 4 is 11.6 Å². The lowest BCUT2D eigenvalue weighted by Crippen LogP contribution is -2.50. The number of methoxy groups -OCH3 is 1. The first-order chi connectivity index (χ1) is 12.1. The van der Waals surface area contributed by atoms with Gasteiger partial charge in [0.05, 0.1) is 23.7 Å². The molecule has 2 fully saturated rings. The number of amides is 1. The molecule has 0 spiro atoms. The number of nitro groups is 1. The number of ether oxygens (including phenoxy) is 2. The Hall–Kier alpha value is -2.19. The highest BCUT2D eigenvalue weighted by Crippen LogP contribution is 2.26. The minimum Gasteiger partial charge on any atom is -0.496 e. The third-order valence-electron chi connectivity index (χ3n) is 4.77. The van der Waals surface area contributed by atoms with E-state index in [-0.39, 0.29) is 17.2 Å². The molecule has 3 rings (SSSR count). The maximum Gasteiger partial charge on any atom is 0.270 e. The summed E-state index contributed by atoms with van der Waals surface area (Å²) in [6, 6.07) is 4.11. The molecule has 8 nitrogen and oxygen atoms in total. The second kappa shape index (κ2) is 7.79. The molecule has 0 radical (unpaired) electrons. The summed E-state index contributed by atoms with van der Waals surface area (Å²) in [5.74, 6) is 0.134. The van der Waals surface area contributed by atoms with Gasteiger partial charge in [0.15, 0.2) is 0 Å². The van der Waals surface area contributed by atoms with Gasteiger partial charge in [-0.3, -0.25) is 19.8 Å². The molecule has 1 aromatic carbocycles. The van der Waals surface area contributed by atoms with E-state index >= 15 is 0 Å². The number of hydrogen-bond acceptors (Lipinski definition) is 6. The van der Waals surface area contributed by atoms with Gasteiger partial charge in [-0.1, -0.05) is 0 Å². The van der Waals surface area contributed by atoms with Crippen molar-refractivity contribution in [3.05, 3.63) is 33.9 Å². The molecule has 8 heteroatoms. The molecule has 2 saturated heterocycles. The van der Waals surface area contributed by atoms with Crippen molar-refractivity contribution in [1.82, 2.24) is 9.80 Å². The van der Waals surface area contributed by atoms with Crippen LogP contribution in [0.3, 0.4) is 0 Å². The molecular formula is C17H23N3O5. The lowest BCUT2D eigenvalue weighted by atomic mass is 10.1. The lowest BCUT2D eigenvalue weighted by Gasteiger charge is -2.35. The molecule has 1 unspecified atom stereocenters. The molecule has 2 aliphatic heterocycles. The van der Waals surface area contributed by atoms with Gasteiger partial charge in [-0.15, -0.1) is 0 Å². The van der Waals surface area contributed by atoms with Crippen LogP contribution in [0.1, 0.15) is 23.2 Å². The van der Waals surface area contributed by atoms with Crippen LogP contribution in [0.4, 0.5) is 5.69 Å². The van der Waals surface area contributed by atoms with E-state index in [9.17, 15) is 14.9 Å². The standard InChI is InChI=1S/C17H23N3O5/c1-24-16-5-4-13(20(22)23)11-15(16)17(21)19-8-6-18(7-9-19)12-14-3-2-10-25-14/h4-5,11,14H,2-3,6-10,12H2,1H3. The van der Waals surface area contributed by atoms with Gasteiger partial charge in [0, 0.05) is 51.5 Å². The van der Waals surface area contributed by atoms with E-state index in [4.69, 9.17) is 9.47 Å². The van der Waals surface area contributed by atoms with Crippen molar-refractivity contribution in [3.63, 3.8) is 0 Å². The molecule has 0 aliphatic carbocycles. The van der Waals surface area contributed by atoms with Crippen molar-refractivity contribution < 1.29 is 19.2 Å². The first-order valence-corrected chi connectivity index (χ1v) is 8.54. The van der Waals surface area contributed by atoms with E-state index in [1.807, 2.05) is 0 Å². The second-order valence-electron chi connectivity index (χ2n) is 6.37. The highest BCUT2D eigenvalue weighted by Gasteiger charge is 2.27. The lowest BCUT2D eigenvalue weighted by molar-refractivity contribution is -0.384. The number of nitrogens with zero attached hydrogens (tertiary/aromatic N) is 3. The molecule has 136 valence electrons. The van der Waals surface area contributed by atoms with Crippen molar-refractivity contribution in [2.24, 2.45) is 0 Å². The van der Waals surface area contributed by atoms with Gasteiger partial charge in [0.1, 0.15) is 5.75 Å². The molecule has 25 heavy (non-hydrogen) atoms. The molecule has 0 bridgehead atoms. The van der Waals surface area contributed by atoms with Gasteiger partial charge in [0.2, 0.25) is 0 Å². The van der Waals surface area contributed by atoms with Gasteiger partial charge in [-0.2, -0.15) is 0 Å². The zero-order chi connectivity index (χ0) is 17.8. The summed E-state index contributed by atoms with van der Waals surface area (Å²) in [6.07, 6.45) is 2.53. The molecule has 0 aromatic heterocycles. The quantitative estimate of drug-likeness (QED) is 0.592. The molecule has 2 heterocycles. The molecule has 2 aliphatic rings. The topological polar surface area (TPSA) is 85.1 Å². The van der Waals surface area contributed by atoms with Crippen LogP contribution in [0, 0.1) is 10.1 Å². The summed E-state index contributed by atoms with van der Waals surface area (Å²) in [5, 5.41) is 11.0. The SMILES string of the molecule is COc1ccc([N+](=O)[O-])cc1C(=O)N1CCN(CC2CCCO2)CC1. The Kier molecular flexibility index (Phi) is 5.50. The van der Waals surface area contributed by atoms with E-state index in [1.54, 1.807) is 4.90 Å². The average molecular weight is 349 g/mol. The predicted molar refractivity (Wildman–Crippen MR) is 91.0 cm³/mol. The normalized spacial score (nSPS) is 21.3. The molecule has 1 aromatic rings. The van der Waals surface area contributed by atoms with Crippen molar-refractivity contribution in [2.45, 2.75) is 18.9 Å². The van der Waals surface area contributed by atoms with E-state index < -0.39 is 4.92 Å². The Morgan fingerprint density at radius 2 is 2.12 bits per heavy atom. The summed E-state index contributed by atoms with van der Waals surface area (Å²) in [7, 11) is 1.46. The fourth-order valence-corrected chi connectivity index (χ4v) is 3.36. The van der Waals surface area contributed by atoms with Crippen LogP contribution >= 0.6 is 0 Å². The van der Waals surface area contributed by atoms with Crippen LogP contribution in [-0.4, -0.2) is 73.2 Å². The molecule has 0 N–H and O–H groups in total. The minimum absolute atomic E-state index is 0.110. The Bertz CT molecular complexity index is 637. The van der Waals surface area contributed by atoms with Crippen molar-refractivity contribution in [1.29, 1.82) is 0 Å². The summed E-state index contributed by atoms with van der Waals surface area (Å²) in [6.45, 7) is 4.50. The average Bonchev–Trinajstić information content (AvgIpc) is 3.14. The number of nitro benzene ring substituents is 1. The third kappa shape index (κ3) is 4.08. The fraction of sp³-hybridized carbons (Fsp3) is 0.588. The summed E-state index contributed by atoms with van der Waals surface area (Å²) in [4.78, 5) is 27.3. The van der Waals surface area contributed by atoms with E-state index in [0.29, 0.717) is 24.9 Å². The van der Waals surface area contributed by atoms with E-state index in [0.717, 1.165) is 39.1 Å². The summed E-state index contributed by atoms with van der Waals surface area (Å²) < 4.78 is 10.9. The monoisotopic (exact) mass is 349 g/mol. The number of benzene rings is 1. The number of carbonyl (C=O) groups is 1. The summed E-state index contributed by atoms with van der Waals surface area (Å²) in [5.41, 5.74) is 0.130. The largest absolute Gasteiger partial charge is 0.496 e. The Labute approximate surface area is 146 Å². The minimum atomic E-state index is -0.504. The third-order valence-corrected chi connectivity index (χ3v) is 4.77. The smallest absolute Gasteiger partial charge is 0.270 e. The van der Waals surface area contributed by atoms with Crippen LogP contribution in [-0.2, 0) is 4.74 Å². The highest BCUT2D eigenvalue weighted by molar-refractivity contribution is 5.97. The van der Waals surface area contributed by atoms with Gasteiger partial charge >= 0.3 is 0 Å². The van der Waals surface area contributed by atoms with Crippen LogP contribution in [0.15, 0.2) is 18.2 Å². The van der Waals surface area contributed by atoms with Gasteiger partial charge in [0.25, 0.3) is 11.6 Å². The van der Waals surface area contributed by atoms with E-state index in [1.165, 1.54) is 25.3 Å². The maximum absolute atomic E-state index is 12.8. The Balaban J connectivity index is 1.63. The van der Waals surface area contributed by atoms with Gasteiger partial charge < -0.3 is 14.4 Å². The van der Waals surface area contributed by atoms with Gasteiger partial charge in [-0.25, -0.2) is 0 Å². The van der Waals surface area contributed by atoms with Crippen LogP contribution in [0.5, 0.6) is 5.75 Å². The number of non-ortho nitro benzene ring substituents is 1. The van der Waals surface area contributed by atoms with Crippen molar-refractivity contribution in [3.8, 4) is 5.75 Å². The van der Waals surface area contributed by atoms with Crippen LogP contribution < -0.4 is 4.74 Å². The first kappa shape index (κ1) is 17.6. The Morgan fingerprint density at radius 1 is 1.36 bits per heavy atom. The maximum atomic E-state index is 12.8. The zero-order valence-corrected chi connectivity index (χ0v) is 14.3. The number of rotatable bonds is 5. The number of hydrogen-bond donors (Lipinski definition) is 0. The molecule has 1 amide bonds. The predicted octanol–water partition coefficient (Wildman–Crippen LogP) is 1.54. The zero-order valence-electron chi connectivity index (χ0n) is 14.3. The molecule has 0 saturated carbocycles. The highest BCUT2D eigenvalue weighted by atomic mass is 16.6. The summed E-state index contributed by atoms with van der Waals surface area (Å²) >= 11 is 0. The first-order valence-electron chi connectivity index (χ1n) is 8.54.